The van der Waals surface area contributed by atoms with Crippen LogP contribution in [0.4, 0.5) is 0 Å². The lowest BCUT2D eigenvalue weighted by molar-refractivity contribution is 0.411. The highest BCUT2D eigenvalue weighted by Gasteiger charge is 1.85. The summed E-state index contributed by atoms with van der Waals surface area (Å²) in [7, 11) is 0. The van der Waals surface area contributed by atoms with Crippen LogP contribution < -0.4 is 0 Å². The Bertz CT molecular complexity index is 124. The lowest BCUT2D eigenvalue weighted by atomic mass is 10.5. The van der Waals surface area contributed by atoms with Crippen LogP contribution in [-0.4, -0.2) is 15.1 Å². The van der Waals surface area contributed by atoms with Gasteiger partial charge >= 0.3 is 0 Å². The van der Waals surface area contributed by atoms with Crippen molar-refractivity contribution in [2.24, 2.45) is 0 Å². The van der Waals surface area contributed by atoms with Crippen LogP contribution in [0.15, 0.2) is 12.5 Å². The topological polar surface area (TPSA) is 48.9 Å². The molecule has 2 N–H and O–H groups in total. The van der Waals surface area contributed by atoms with Gasteiger partial charge in [0.2, 0.25) is 0 Å². The van der Waals surface area contributed by atoms with Crippen molar-refractivity contribution >= 4 is 0 Å². The number of nitrogens with zero attached hydrogens (tertiary/aromatic N) is 1. The second kappa shape index (κ2) is 1.75. The highest BCUT2D eigenvalue weighted by molar-refractivity contribution is 5.00. The summed E-state index contributed by atoms with van der Waals surface area (Å²) in [5.74, 6) is 0. The molecule has 3 nitrogen and oxygen atoms in total. The fourth-order valence-corrected chi connectivity index (χ4v) is 0.342. The summed E-state index contributed by atoms with van der Waals surface area (Å²) in [6.07, 6.45) is 3.10. The molecule has 1 heterocycles. The molecular weight excluding hydrogens is 92.1 g/mol. The molecule has 0 bridgehead atoms. The molecule has 0 amide bonds. The highest BCUT2D eigenvalue weighted by Crippen LogP contribution is 1.88. The first-order valence-electron chi connectivity index (χ1n) is 1.89. The van der Waals surface area contributed by atoms with Crippen LogP contribution in [0.1, 0.15) is 5.69 Å². The Morgan fingerprint density at radius 2 is 2.71 bits per heavy atom. The summed E-state index contributed by atoms with van der Waals surface area (Å²) in [6, 6.07) is 0. The van der Waals surface area contributed by atoms with Crippen LogP contribution in [0, 0.1) is 6.61 Å². The largest absolute Gasteiger partial charge is 0.384 e. The number of imidazole rings is 1. The van der Waals surface area contributed by atoms with Gasteiger partial charge in [0.05, 0.1) is 12.0 Å². The Labute approximate surface area is 41.0 Å². The van der Waals surface area contributed by atoms with E-state index in [0.717, 1.165) is 6.61 Å². The lowest BCUT2D eigenvalue weighted by Gasteiger charge is -1.75. The molecule has 37 valence electrons. The summed E-state index contributed by atoms with van der Waals surface area (Å²) >= 11 is 0. The molecule has 0 atom stereocenters. The van der Waals surface area contributed by atoms with E-state index in [4.69, 9.17) is 5.11 Å². The van der Waals surface area contributed by atoms with Gasteiger partial charge in [-0.1, -0.05) is 0 Å². The Hall–Kier alpha value is -0.830. The van der Waals surface area contributed by atoms with E-state index in [2.05, 4.69) is 9.97 Å². The van der Waals surface area contributed by atoms with Crippen LogP contribution in [0.25, 0.3) is 0 Å². The van der Waals surface area contributed by atoms with E-state index in [1.54, 1.807) is 6.20 Å². The number of hydrogen-bond donors (Lipinski definition) is 2. The van der Waals surface area contributed by atoms with Crippen molar-refractivity contribution in [1.29, 1.82) is 0 Å². The number of rotatable bonds is 1. The van der Waals surface area contributed by atoms with Gasteiger partial charge in [-0.25, -0.2) is 4.98 Å². The molecule has 0 aromatic carbocycles. The summed E-state index contributed by atoms with van der Waals surface area (Å²) < 4.78 is 0. The smallest absolute Gasteiger partial charge is 0.129 e. The average Bonchev–Trinajstić information content (AvgIpc) is 2.14. The number of aliphatic hydroxyl groups excluding tert-OH is 1. The molecule has 0 aliphatic heterocycles. The lowest BCUT2D eigenvalue weighted by Crippen LogP contribution is -1.74. The maximum Gasteiger partial charge on any atom is 0.129 e. The monoisotopic (exact) mass is 97.0 g/mol. The third-order valence-corrected chi connectivity index (χ3v) is 0.652. The fourth-order valence-electron chi connectivity index (χ4n) is 0.342. The van der Waals surface area contributed by atoms with Gasteiger partial charge in [-0.15, -0.1) is 0 Å². The number of aliphatic hydroxyl groups is 1. The first-order chi connectivity index (χ1) is 3.43. The minimum Gasteiger partial charge on any atom is -0.384 e. The van der Waals surface area contributed by atoms with Gasteiger partial charge in [-0.2, -0.15) is 0 Å². The molecular formula is C4H5N2O. The predicted molar refractivity (Wildman–Crippen MR) is 23.9 cm³/mol. The van der Waals surface area contributed by atoms with E-state index in [-0.39, 0.29) is 0 Å². The molecule has 7 heavy (non-hydrogen) atoms. The van der Waals surface area contributed by atoms with E-state index in [1.165, 1.54) is 6.33 Å². The van der Waals surface area contributed by atoms with Crippen molar-refractivity contribution < 1.29 is 5.11 Å². The second-order valence-corrected chi connectivity index (χ2v) is 1.12. The minimum absolute atomic E-state index is 0.556. The van der Waals surface area contributed by atoms with Crippen LogP contribution in [0.5, 0.6) is 0 Å². The third kappa shape index (κ3) is 0.778. The Morgan fingerprint density at radius 3 is 3.00 bits per heavy atom. The molecule has 3 heteroatoms. The molecule has 1 radical (unpaired) electrons. The van der Waals surface area contributed by atoms with E-state index in [0.29, 0.717) is 5.69 Å². The number of aromatic amines is 1. The van der Waals surface area contributed by atoms with Crippen LogP contribution in [0.3, 0.4) is 0 Å². The van der Waals surface area contributed by atoms with Gasteiger partial charge < -0.3 is 10.1 Å². The molecule has 0 aliphatic rings. The standard InChI is InChI=1S/C4H5N2O/c7-2-4-1-5-3-6-4/h1-3,7H,(H,5,6). The normalized spacial score (nSPS) is 9.29. The molecule has 0 saturated heterocycles. The highest BCUT2D eigenvalue weighted by atomic mass is 16.3. The number of nitrogens with one attached hydrogen (secondary N) is 1. The van der Waals surface area contributed by atoms with Crippen LogP contribution in [0.2, 0.25) is 0 Å². The van der Waals surface area contributed by atoms with Crippen molar-refractivity contribution in [3.8, 4) is 0 Å². The average molecular weight is 97.1 g/mol. The maximum atomic E-state index is 8.22. The van der Waals surface area contributed by atoms with Gasteiger partial charge in [0.25, 0.3) is 0 Å². The van der Waals surface area contributed by atoms with Gasteiger partial charge in [0.15, 0.2) is 0 Å². The fraction of sp³-hybridized carbons (Fsp3) is 0. The molecule has 1 rings (SSSR count). The minimum atomic E-state index is 0.556. The van der Waals surface area contributed by atoms with Gasteiger partial charge in [0.1, 0.15) is 6.61 Å². The van der Waals surface area contributed by atoms with E-state index >= 15 is 0 Å². The molecule has 0 spiro atoms. The Morgan fingerprint density at radius 1 is 1.86 bits per heavy atom. The number of hydrogen-bond acceptors (Lipinski definition) is 2. The second-order valence-electron chi connectivity index (χ2n) is 1.12. The van der Waals surface area contributed by atoms with E-state index in [1.807, 2.05) is 0 Å². The van der Waals surface area contributed by atoms with Gasteiger partial charge in [-0.3, -0.25) is 0 Å². The quantitative estimate of drug-likeness (QED) is 0.529. The van der Waals surface area contributed by atoms with Crippen LogP contribution >= 0.6 is 0 Å². The zero-order chi connectivity index (χ0) is 5.11. The summed E-state index contributed by atoms with van der Waals surface area (Å²) in [5, 5.41) is 8.22. The Kier molecular flexibility index (Phi) is 1.08. The summed E-state index contributed by atoms with van der Waals surface area (Å²) in [4.78, 5) is 6.35. The van der Waals surface area contributed by atoms with Crippen molar-refractivity contribution in [3.05, 3.63) is 24.8 Å². The first-order valence-corrected chi connectivity index (χ1v) is 1.89. The number of H-pyrrole nitrogens is 1. The molecule has 1 aromatic rings. The van der Waals surface area contributed by atoms with Crippen molar-refractivity contribution in [2.75, 3.05) is 0 Å². The van der Waals surface area contributed by atoms with Gasteiger partial charge in [0, 0.05) is 6.20 Å². The van der Waals surface area contributed by atoms with Gasteiger partial charge in [-0.05, 0) is 0 Å². The SMILES string of the molecule is O[CH]c1c[nH]cn1. The Balaban J connectivity index is 2.76. The van der Waals surface area contributed by atoms with Crippen molar-refractivity contribution in [1.82, 2.24) is 9.97 Å². The molecule has 1 aromatic heterocycles. The third-order valence-electron chi connectivity index (χ3n) is 0.652. The maximum absolute atomic E-state index is 8.22. The zero-order valence-electron chi connectivity index (χ0n) is 3.63. The van der Waals surface area contributed by atoms with Crippen molar-refractivity contribution in [2.45, 2.75) is 0 Å². The first kappa shape index (κ1) is 4.33. The molecule has 0 aliphatic carbocycles. The molecule has 0 saturated carbocycles. The summed E-state index contributed by atoms with van der Waals surface area (Å²) in [6.45, 7) is 0.941. The predicted octanol–water partition coefficient (Wildman–Crippen LogP) is 0.292. The van der Waals surface area contributed by atoms with Crippen molar-refractivity contribution in [3.63, 3.8) is 0 Å². The summed E-state index contributed by atoms with van der Waals surface area (Å²) in [5.41, 5.74) is 0.556. The number of aromatic nitrogens is 2. The van der Waals surface area contributed by atoms with E-state index < -0.39 is 0 Å². The zero-order valence-corrected chi connectivity index (χ0v) is 3.63. The van der Waals surface area contributed by atoms with Crippen LogP contribution in [-0.2, 0) is 0 Å². The van der Waals surface area contributed by atoms with E-state index in [9.17, 15) is 0 Å². The molecule has 0 fully saturated rings. The molecule has 0 unspecified atom stereocenters.